The van der Waals surface area contributed by atoms with Gasteiger partial charge in [0.15, 0.2) is 0 Å². The number of phenolic OH excluding ortho intramolecular Hbond substituents is 1. The van der Waals surface area contributed by atoms with Crippen molar-refractivity contribution in [3.63, 3.8) is 0 Å². The van der Waals surface area contributed by atoms with E-state index in [9.17, 15) is 15.0 Å². The molecule has 2 aromatic rings. The smallest absolute Gasteiger partial charge is 0.257 e. The number of nitrogens with zero attached hydrogens (tertiary/aromatic N) is 1. The Hall–Kier alpha value is -2.33. The van der Waals surface area contributed by atoms with Crippen LogP contribution < -0.4 is 0 Å². The van der Waals surface area contributed by atoms with Gasteiger partial charge in [-0.05, 0) is 38.0 Å². The number of carbonyl (C=O) groups excluding carboxylic acids is 1. The molecule has 1 unspecified atom stereocenters. The summed E-state index contributed by atoms with van der Waals surface area (Å²) in [6.07, 6.45) is -0.758. The highest BCUT2D eigenvalue weighted by molar-refractivity contribution is 5.97. The lowest BCUT2D eigenvalue weighted by Crippen LogP contribution is -2.34. The van der Waals surface area contributed by atoms with E-state index in [-0.39, 0.29) is 23.8 Å². The summed E-state index contributed by atoms with van der Waals surface area (Å²) >= 11 is 0. The molecule has 0 heterocycles. The molecule has 0 radical (unpaired) electrons. The Kier molecular flexibility index (Phi) is 5.40. The minimum absolute atomic E-state index is 0.000718. The van der Waals surface area contributed by atoms with E-state index in [1.165, 1.54) is 0 Å². The third-order valence-electron chi connectivity index (χ3n) is 3.99. The van der Waals surface area contributed by atoms with Gasteiger partial charge in [-0.15, -0.1) is 0 Å². The first-order valence-corrected chi connectivity index (χ1v) is 7.76. The van der Waals surface area contributed by atoms with E-state index >= 15 is 0 Å². The maximum atomic E-state index is 12.6. The van der Waals surface area contributed by atoms with Gasteiger partial charge in [-0.3, -0.25) is 4.79 Å². The van der Waals surface area contributed by atoms with Crippen LogP contribution in [0.2, 0.25) is 0 Å². The second-order valence-electron chi connectivity index (χ2n) is 5.74. The third kappa shape index (κ3) is 3.90. The fourth-order valence-corrected chi connectivity index (χ4v) is 2.46. The Morgan fingerprint density at radius 2 is 1.78 bits per heavy atom. The molecular weight excluding hydrogens is 290 g/mol. The highest BCUT2D eigenvalue weighted by Gasteiger charge is 2.21. The van der Waals surface area contributed by atoms with E-state index < -0.39 is 6.10 Å². The van der Waals surface area contributed by atoms with Crippen LogP contribution in [-0.2, 0) is 0 Å². The van der Waals surface area contributed by atoms with Gasteiger partial charge >= 0.3 is 0 Å². The summed E-state index contributed by atoms with van der Waals surface area (Å²) in [5.74, 6) is -0.277. The zero-order chi connectivity index (χ0) is 17.0. The summed E-state index contributed by atoms with van der Waals surface area (Å²) in [5.41, 5.74) is 2.82. The second-order valence-corrected chi connectivity index (χ2v) is 5.74. The lowest BCUT2D eigenvalue weighted by Gasteiger charge is -2.25. The number of aliphatic hydroxyl groups is 1. The van der Waals surface area contributed by atoms with Crippen molar-refractivity contribution in [2.45, 2.75) is 26.9 Å². The lowest BCUT2D eigenvalue weighted by molar-refractivity contribution is 0.0632. The van der Waals surface area contributed by atoms with Crippen molar-refractivity contribution in [2.75, 3.05) is 13.1 Å². The largest absolute Gasteiger partial charge is 0.507 e. The second kappa shape index (κ2) is 7.29. The molecule has 4 nitrogen and oxygen atoms in total. The van der Waals surface area contributed by atoms with Gasteiger partial charge in [0.25, 0.3) is 5.91 Å². The average molecular weight is 313 g/mol. The van der Waals surface area contributed by atoms with E-state index in [4.69, 9.17) is 0 Å². The summed E-state index contributed by atoms with van der Waals surface area (Å²) in [6.45, 7) is 6.23. The zero-order valence-corrected chi connectivity index (χ0v) is 13.8. The minimum atomic E-state index is -0.758. The molecule has 4 heteroatoms. The van der Waals surface area contributed by atoms with Crippen molar-refractivity contribution in [2.24, 2.45) is 0 Å². The molecule has 122 valence electrons. The zero-order valence-electron chi connectivity index (χ0n) is 13.8. The van der Waals surface area contributed by atoms with E-state index in [0.717, 1.165) is 11.1 Å². The van der Waals surface area contributed by atoms with E-state index in [0.29, 0.717) is 12.1 Å². The topological polar surface area (TPSA) is 60.8 Å². The fraction of sp³-hybridized carbons (Fsp3) is 0.316. The maximum Gasteiger partial charge on any atom is 0.257 e. The van der Waals surface area contributed by atoms with Crippen molar-refractivity contribution >= 4 is 5.91 Å². The number of aryl methyl sites for hydroxylation is 2. The van der Waals surface area contributed by atoms with E-state index in [2.05, 4.69) is 0 Å². The molecule has 1 amide bonds. The molecule has 0 bridgehead atoms. The summed E-state index contributed by atoms with van der Waals surface area (Å²) in [5, 5.41) is 20.5. The van der Waals surface area contributed by atoms with Gasteiger partial charge in [0, 0.05) is 6.54 Å². The summed E-state index contributed by atoms with van der Waals surface area (Å²) in [4.78, 5) is 14.2. The van der Waals surface area contributed by atoms with E-state index in [1.807, 2.05) is 38.1 Å². The van der Waals surface area contributed by atoms with Gasteiger partial charge in [0.1, 0.15) is 5.75 Å². The summed E-state index contributed by atoms with van der Waals surface area (Å²) in [7, 11) is 0. The molecular formula is C19H23NO3. The van der Waals surface area contributed by atoms with Gasteiger partial charge in [-0.25, -0.2) is 0 Å². The van der Waals surface area contributed by atoms with Gasteiger partial charge in [-0.2, -0.15) is 0 Å². The Bertz CT molecular complexity index is 680. The number of hydrogen-bond donors (Lipinski definition) is 2. The molecule has 0 saturated carbocycles. The quantitative estimate of drug-likeness (QED) is 0.891. The predicted octanol–water partition coefficient (Wildman–Crippen LogP) is 3.20. The number of benzene rings is 2. The van der Waals surface area contributed by atoms with Crippen LogP contribution in [0, 0.1) is 13.8 Å². The first-order chi connectivity index (χ1) is 10.9. The number of carbonyl (C=O) groups is 1. The van der Waals surface area contributed by atoms with Crippen molar-refractivity contribution in [1.82, 2.24) is 4.90 Å². The van der Waals surface area contributed by atoms with Gasteiger partial charge < -0.3 is 15.1 Å². The van der Waals surface area contributed by atoms with Crippen LogP contribution in [0.5, 0.6) is 5.75 Å². The molecule has 2 aromatic carbocycles. The van der Waals surface area contributed by atoms with Gasteiger partial charge in [0.2, 0.25) is 0 Å². The Morgan fingerprint density at radius 3 is 2.39 bits per heavy atom. The van der Waals surface area contributed by atoms with Crippen molar-refractivity contribution in [3.8, 4) is 5.75 Å². The number of para-hydroxylation sites is 1. The number of rotatable bonds is 5. The molecule has 23 heavy (non-hydrogen) atoms. The maximum absolute atomic E-state index is 12.6. The fourth-order valence-electron chi connectivity index (χ4n) is 2.46. The van der Waals surface area contributed by atoms with Crippen LogP contribution in [0.4, 0.5) is 0 Å². The monoisotopic (exact) mass is 313 g/mol. The first-order valence-electron chi connectivity index (χ1n) is 7.76. The molecule has 0 aliphatic heterocycles. The number of phenols is 1. The van der Waals surface area contributed by atoms with Crippen LogP contribution in [-0.4, -0.2) is 34.1 Å². The van der Waals surface area contributed by atoms with Crippen molar-refractivity contribution in [1.29, 1.82) is 0 Å². The van der Waals surface area contributed by atoms with Crippen LogP contribution in [0.3, 0.4) is 0 Å². The molecule has 0 fully saturated rings. The molecule has 0 spiro atoms. The van der Waals surface area contributed by atoms with Crippen molar-refractivity contribution in [3.05, 3.63) is 64.7 Å². The molecule has 0 saturated heterocycles. The number of aliphatic hydroxyl groups excluding tert-OH is 1. The average Bonchev–Trinajstić information content (AvgIpc) is 2.55. The third-order valence-corrected chi connectivity index (χ3v) is 3.99. The highest BCUT2D eigenvalue weighted by Crippen LogP contribution is 2.24. The molecule has 0 aliphatic rings. The first kappa shape index (κ1) is 17.0. The standard InChI is InChI=1S/C19H23NO3/c1-4-20(12-17(21)15-10-8-13(2)9-11-15)19(23)16-7-5-6-14(3)18(16)22/h5-11,17,21-22H,4,12H2,1-3H3. The molecule has 0 aliphatic carbocycles. The number of amides is 1. The Balaban J connectivity index is 2.17. The summed E-state index contributed by atoms with van der Waals surface area (Å²) < 4.78 is 0. The Morgan fingerprint density at radius 1 is 1.13 bits per heavy atom. The molecule has 1 atom stereocenters. The Labute approximate surface area is 137 Å². The SMILES string of the molecule is CCN(CC(O)c1ccc(C)cc1)C(=O)c1cccc(C)c1O. The highest BCUT2D eigenvalue weighted by atomic mass is 16.3. The van der Waals surface area contributed by atoms with Crippen LogP contribution >= 0.6 is 0 Å². The van der Waals surface area contributed by atoms with Crippen LogP contribution in [0.1, 0.15) is 40.1 Å². The number of likely N-dealkylation sites (N-methyl/N-ethyl adjacent to an activating group) is 1. The van der Waals surface area contributed by atoms with Crippen molar-refractivity contribution < 1.29 is 15.0 Å². The molecule has 2 rings (SSSR count). The lowest BCUT2D eigenvalue weighted by atomic mass is 10.1. The van der Waals surface area contributed by atoms with Crippen LogP contribution in [0.15, 0.2) is 42.5 Å². The van der Waals surface area contributed by atoms with E-state index in [1.54, 1.807) is 30.0 Å². The normalized spacial score (nSPS) is 12.0. The van der Waals surface area contributed by atoms with Crippen LogP contribution in [0.25, 0.3) is 0 Å². The number of aromatic hydroxyl groups is 1. The molecule has 0 aromatic heterocycles. The predicted molar refractivity (Wildman–Crippen MR) is 90.6 cm³/mol. The molecule has 2 N–H and O–H groups in total. The minimum Gasteiger partial charge on any atom is -0.507 e. The van der Waals surface area contributed by atoms with Gasteiger partial charge in [0.05, 0.1) is 18.2 Å². The summed E-state index contributed by atoms with van der Waals surface area (Å²) in [6, 6.07) is 12.7. The van der Waals surface area contributed by atoms with Gasteiger partial charge in [-0.1, -0.05) is 42.0 Å². The number of hydrogen-bond acceptors (Lipinski definition) is 3.